The number of benzene rings is 10. The normalized spacial score (nSPS) is 12.1. The summed E-state index contributed by atoms with van der Waals surface area (Å²) in [6.07, 6.45) is 0. The second-order valence-electron chi connectivity index (χ2n) is 16.8. The third-order valence-corrected chi connectivity index (χ3v) is 18.2. The van der Waals surface area contributed by atoms with Crippen molar-refractivity contribution in [1.82, 2.24) is 9.13 Å². The quantitative estimate of drug-likeness (QED) is 0.116. The molecule has 0 unspecified atom stereocenters. The maximum Gasteiger partial charge on any atom is 0.179 e. The molecule has 0 saturated heterocycles. The second kappa shape index (κ2) is 14.5. The monoisotopic (exact) mass is 832 g/mol. The number of aromatic nitrogens is 2. The fourth-order valence-electron chi connectivity index (χ4n) is 10.9. The zero-order valence-electron chi connectivity index (χ0n) is 34.9. The zero-order valence-corrected chi connectivity index (χ0v) is 35.9. The Labute approximate surface area is 371 Å². The number of rotatable bonds is 7. The van der Waals surface area contributed by atoms with E-state index in [1.807, 2.05) is 6.07 Å². The zero-order chi connectivity index (χ0) is 42.2. The van der Waals surface area contributed by atoms with Gasteiger partial charge in [0.25, 0.3) is 0 Å². The molecule has 0 saturated carbocycles. The predicted molar refractivity (Wildman–Crippen MR) is 271 cm³/mol. The smallest absolute Gasteiger partial charge is 0.179 e. The first-order chi connectivity index (χ1) is 31.8. The van der Waals surface area contributed by atoms with Crippen molar-refractivity contribution in [2.45, 2.75) is 0 Å². The van der Waals surface area contributed by atoms with Crippen LogP contribution in [0.15, 0.2) is 247 Å². The van der Waals surface area contributed by atoms with Gasteiger partial charge in [-0.25, -0.2) is 0 Å². The molecule has 3 nitrogen and oxygen atoms in total. The van der Waals surface area contributed by atoms with Gasteiger partial charge in [-0.1, -0.05) is 194 Å². The Morgan fingerprint density at radius 1 is 0.312 bits per heavy atom. The average Bonchev–Trinajstić information content (AvgIpc) is 4.04. The van der Waals surface area contributed by atoms with E-state index < -0.39 is 8.07 Å². The van der Waals surface area contributed by atoms with Crippen molar-refractivity contribution < 1.29 is 4.42 Å². The van der Waals surface area contributed by atoms with Gasteiger partial charge in [0.15, 0.2) is 8.07 Å². The fraction of sp³-hybridized carbons (Fsp3) is 0. The van der Waals surface area contributed by atoms with Crippen molar-refractivity contribution in [2.75, 3.05) is 0 Å². The number of hydrogen-bond acceptors (Lipinski definition) is 1. The standard InChI is InChI=1S/C60H40N2OSi/c1-4-21-42(22-5-1)64(43-23-6-2-7-24-43,44-25-8-3-9-26-44)45-27-16-20-41(40-45)61-53-35-14-11-29-50(53)59-54(61)36-19-37-55(59)62-52-34-13-10-28-46(52)48-32-17-33-49(60(48)62)47-31-18-39-57-58(47)51-30-12-15-38-56(51)63-57/h1-40H. The van der Waals surface area contributed by atoms with Crippen molar-refractivity contribution in [3.8, 4) is 22.5 Å². The number of nitrogens with zero attached hydrogens (tertiary/aromatic N) is 2. The van der Waals surface area contributed by atoms with E-state index in [1.54, 1.807) is 0 Å². The number of fused-ring (bicyclic) bond motifs is 9. The van der Waals surface area contributed by atoms with Gasteiger partial charge < -0.3 is 13.6 Å². The highest BCUT2D eigenvalue weighted by Crippen LogP contribution is 2.45. The van der Waals surface area contributed by atoms with Crippen molar-refractivity contribution in [3.05, 3.63) is 243 Å². The van der Waals surface area contributed by atoms with Crippen LogP contribution in [0.1, 0.15) is 0 Å². The lowest BCUT2D eigenvalue weighted by atomic mass is 9.97. The van der Waals surface area contributed by atoms with Crippen LogP contribution in [0.3, 0.4) is 0 Å². The van der Waals surface area contributed by atoms with E-state index in [4.69, 9.17) is 4.42 Å². The highest BCUT2D eigenvalue weighted by molar-refractivity contribution is 7.19. The molecule has 0 radical (unpaired) electrons. The third kappa shape index (κ3) is 5.27. The molecule has 0 amide bonds. The highest BCUT2D eigenvalue weighted by atomic mass is 28.3. The summed E-state index contributed by atoms with van der Waals surface area (Å²) in [5, 5.41) is 12.5. The minimum Gasteiger partial charge on any atom is -0.456 e. The Morgan fingerprint density at radius 2 is 0.812 bits per heavy atom. The van der Waals surface area contributed by atoms with E-state index in [2.05, 4.69) is 246 Å². The first-order valence-electron chi connectivity index (χ1n) is 22.0. The molecule has 0 atom stereocenters. The second-order valence-corrected chi connectivity index (χ2v) is 20.6. The minimum absolute atomic E-state index is 0.893. The van der Waals surface area contributed by atoms with Crippen LogP contribution in [0.25, 0.3) is 88.1 Å². The first kappa shape index (κ1) is 36.5. The molecule has 0 bridgehead atoms. The van der Waals surface area contributed by atoms with Crippen LogP contribution in [-0.2, 0) is 0 Å². The van der Waals surface area contributed by atoms with Crippen LogP contribution in [0.4, 0.5) is 0 Å². The van der Waals surface area contributed by atoms with Gasteiger partial charge in [-0.15, -0.1) is 0 Å². The van der Waals surface area contributed by atoms with E-state index in [0.717, 1.165) is 44.4 Å². The van der Waals surface area contributed by atoms with Gasteiger partial charge in [-0.05, 0) is 74.8 Å². The van der Waals surface area contributed by atoms with Gasteiger partial charge in [0.1, 0.15) is 11.2 Å². The molecule has 0 aliphatic heterocycles. The molecule has 4 heteroatoms. The number of hydrogen-bond donors (Lipinski definition) is 0. The van der Waals surface area contributed by atoms with E-state index in [0.29, 0.717) is 0 Å². The molecular formula is C60H40N2OSi. The molecule has 3 aromatic heterocycles. The fourth-order valence-corrected chi connectivity index (χ4v) is 15.7. The molecule has 3 heterocycles. The lowest BCUT2D eigenvalue weighted by molar-refractivity contribution is 0.669. The highest BCUT2D eigenvalue weighted by Gasteiger charge is 2.41. The van der Waals surface area contributed by atoms with Crippen molar-refractivity contribution >= 4 is 94.4 Å². The Balaban J connectivity index is 1.10. The van der Waals surface area contributed by atoms with Gasteiger partial charge in [0.05, 0.1) is 27.8 Å². The molecule has 0 spiro atoms. The molecule has 10 aromatic carbocycles. The van der Waals surface area contributed by atoms with Gasteiger partial charge >= 0.3 is 0 Å². The first-order valence-corrected chi connectivity index (χ1v) is 24.0. The van der Waals surface area contributed by atoms with Gasteiger partial charge in [-0.3, -0.25) is 0 Å². The molecule has 64 heavy (non-hydrogen) atoms. The van der Waals surface area contributed by atoms with Crippen LogP contribution in [-0.4, -0.2) is 17.2 Å². The largest absolute Gasteiger partial charge is 0.456 e. The van der Waals surface area contributed by atoms with Gasteiger partial charge in [-0.2, -0.15) is 0 Å². The van der Waals surface area contributed by atoms with Crippen LogP contribution in [0.2, 0.25) is 0 Å². The topological polar surface area (TPSA) is 23.0 Å². The average molecular weight is 833 g/mol. The van der Waals surface area contributed by atoms with E-state index in [-0.39, 0.29) is 0 Å². The van der Waals surface area contributed by atoms with Crippen LogP contribution in [0.5, 0.6) is 0 Å². The summed E-state index contributed by atoms with van der Waals surface area (Å²) in [7, 11) is -2.79. The lowest BCUT2D eigenvalue weighted by Crippen LogP contribution is -2.74. The van der Waals surface area contributed by atoms with E-state index in [1.165, 1.54) is 64.4 Å². The van der Waals surface area contributed by atoms with Crippen LogP contribution < -0.4 is 20.7 Å². The summed E-state index contributed by atoms with van der Waals surface area (Å²) >= 11 is 0. The maximum absolute atomic E-state index is 6.45. The van der Waals surface area contributed by atoms with E-state index >= 15 is 0 Å². The molecule has 13 aromatic rings. The van der Waals surface area contributed by atoms with Gasteiger partial charge in [0.2, 0.25) is 0 Å². The summed E-state index contributed by atoms with van der Waals surface area (Å²) < 4.78 is 11.5. The SMILES string of the molecule is c1ccc([Si](c2ccccc2)(c2ccccc2)c2cccc(-n3c4ccccc4c4c(-n5c6ccccc6c6cccc(-c7cccc8oc9ccccc9c78)c65)cccc43)c2)cc1. The molecule has 0 aliphatic carbocycles. The summed E-state index contributed by atoms with van der Waals surface area (Å²) in [5.74, 6) is 0. The summed E-state index contributed by atoms with van der Waals surface area (Å²) in [6.45, 7) is 0. The van der Waals surface area contributed by atoms with Crippen LogP contribution >= 0.6 is 0 Å². The Morgan fingerprint density at radius 3 is 1.53 bits per heavy atom. The maximum atomic E-state index is 6.45. The predicted octanol–water partition coefficient (Wildman–Crippen LogP) is 12.8. The van der Waals surface area contributed by atoms with Crippen molar-refractivity contribution in [2.24, 2.45) is 0 Å². The summed E-state index contributed by atoms with van der Waals surface area (Å²) in [4.78, 5) is 0. The molecule has 0 aliphatic rings. The Bertz CT molecular complexity index is 3800. The molecule has 0 fully saturated rings. The molecule has 300 valence electrons. The van der Waals surface area contributed by atoms with Gasteiger partial charge in [0, 0.05) is 43.6 Å². The van der Waals surface area contributed by atoms with Crippen LogP contribution in [0, 0.1) is 0 Å². The number of para-hydroxylation sites is 4. The Hall–Kier alpha value is -8.18. The van der Waals surface area contributed by atoms with Crippen molar-refractivity contribution in [1.29, 1.82) is 0 Å². The van der Waals surface area contributed by atoms with Crippen molar-refractivity contribution in [3.63, 3.8) is 0 Å². The lowest BCUT2D eigenvalue weighted by Gasteiger charge is -2.34. The third-order valence-electron chi connectivity index (χ3n) is 13.5. The molecule has 13 rings (SSSR count). The molecular weight excluding hydrogens is 793 g/mol. The number of furan rings is 1. The molecule has 0 N–H and O–H groups in total. The van der Waals surface area contributed by atoms with E-state index in [9.17, 15) is 0 Å². The Kier molecular flexibility index (Phi) is 8.23. The summed E-state index contributed by atoms with van der Waals surface area (Å²) in [5.41, 5.74) is 11.1. The minimum atomic E-state index is -2.79. The summed E-state index contributed by atoms with van der Waals surface area (Å²) in [6, 6.07) is 89.2.